The summed E-state index contributed by atoms with van der Waals surface area (Å²) in [6.07, 6.45) is 4.29. The highest BCUT2D eigenvalue weighted by molar-refractivity contribution is 5.02. The summed E-state index contributed by atoms with van der Waals surface area (Å²) in [5, 5.41) is 9.03. The van der Waals surface area contributed by atoms with Gasteiger partial charge in [0.05, 0.1) is 18.2 Å². The Kier molecular flexibility index (Phi) is 2.95. The summed E-state index contributed by atoms with van der Waals surface area (Å²) in [5.74, 6) is 0. The second kappa shape index (κ2) is 3.65. The molecule has 1 nitrogen and oxygen atoms in total. The van der Waals surface area contributed by atoms with Crippen molar-refractivity contribution in [2.24, 2.45) is 10.8 Å². The zero-order valence-corrected chi connectivity index (χ0v) is 8.57. The predicted molar refractivity (Wildman–Crippen MR) is 50.9 cm³/mol. The minimum atomic E-state index is -0.353. The van der Waals surface area contributed by atoms with Gasteiger partial charge in [-0.05, 0) is 37.5 Å². The topological polar surface area (TPSA) is 23.8 Å². The maximum atomic E-state index is 12.3. The maximum Gasteiger partial charge on any atom is 0.0909 e. The first-order valence-corrected chi connectivity index (χ1v) is 5.01. The molecule has 1 aliphatic carbocycles. The molecule has 0 saturated heterocycles. The average Bonchev–Trinajstić information content (AvgIpc) is 2.10. The highest BCUT2D eigenvalue weighted by Gasteiger charge is 2.38. The molecule has 0 unspecified atom stereocenters. The van der Waals surface area contributed by atoms with Crippen LogP contribution in [0.5, 0.6) is 0 Å². The molecule has 1 fully saturated rings. The Morgan fingerprint density at radius 3 is 2.15 bits per heavy atom. The molecule has 0 aromatic carbocycles. The normalized spacial score (nSPS) is 25.1. The molecule has 1 rings (SSSR count). The first-order chi connectivity index (χ1) is 6.04. The van der Waals surface area contributed by atoms with E-state index in [-0.39, 0.29) is 12.1 Å². The number of rotatable bonds is 2. The molecule has 0 heterocycles. The molecule has 0 bridgehead atoms. The van der Waals surface area contributed by atoms with Crippen molar-refractivity contribution in [3.63, 3.8) is 0 Å². The second-order valence-corrected chi connectivity index (χ2v) is 5.00. The molecule has 0 atom stereocenters. The van der Waals surface area contributed by atoms with Gasteiger partial charge in [0.15, 0.2) is 0 Å². The fourth-order valence-electron chi connectivity index (χ4n) is 2.00. The number of nitrogens with zero attached hydrogens (tertiary/aromatic N) is 1. The lowest BCUT2D eigenvalue weighted by Crippen LogP contribution is -2.30. The van der Waals surface area contributed by atoms with Crippen molar-refractivity contribution in [1.29, 1.82) is 5.26 Å². The summed E-state index contributed by atoms with van der Waals surface area (Å²) < 4.78 is 12.3. The van der Waals surface area contributed by atoms with E-state index in [1.807, 2.05) is 0 Å². The van der Waals surface area contributed by atoms with E-state index in [0.29, 0.717) is 11.8 Å². The second-order valence-electron chi connectivity index (χ2n) is 5.00. The third kappa shape index (κ3) is 2.43. The molecule has 2 heteroatoms. The van der Waals surface area contributed by atoms with Gasteiger partial charge in [-0.3, -0.25) is 4.39 Å². The van der Waals surface area contributed by atoms with E-state index in [2.05, 4.69) is 19.9 Å². The van der Waals surface area contributed by atoms with Gasteiger partial charge < -0.3 is 0 Å². The first kappa shape index (κ1) is 10.5. The van der Waals surface area contributed by atoms with E-state index in [0.717, 1.165) is 25.7 Å². The molecule has 13 heavy (non-hydrogen) atoms. The summed E-state index contributed by atoms with van der Waals surface area (Å²) in [5.41, 5.74) is 0.0148. The van der Waals surface area contributed by atoms with Crippen LogP contribution in [0.15, 0.2) is 0 Å². The zero-order chi connectivity index (χ0) is 9.95. The molecular formula is C11H18FN. The van der Waals surface area contributed by atoms with Gasteiger partial charge in [-0.15, -0.1) is 0 Å². The minimum absolute atomic E-state index is 0.343. The fraction of sp³-hybridized carbons (Fsp3) is 0.909. The Labute approximate surface area is 79.9 Å². The summed E-state index contributed by atoms with van der Waals surface area (Å²) >= 11 is 0. The van der Waals surface area contributed by atoms with Crippen molar-refractivity contribution < 1.29 is 4.39 Å². The lowest BCUT2D eigenvalue weighted by Gasteiger charge is -2.38. The molecule has 1 aliphatic rings. The minimum Gasteiger partial charge on any atom is -0.251 e. The molecule has 0 aliphatic heterocycles. The van der Waals surface area contributed by atoms with E-state index in [1.54, 1.807) is 0 Å². The Balaban J connectivity index is 2.59. The van der Waals surface area contributed by atoms with Gasteiger partial charge in [-0.2, -0.15) is 5.26 Å². The lowest BCUT2D eigenvalue weighted by atomic mass is 9.65. The molecule has 0 N–H and O–H groups in total. The SMILES string of the molecule is CC1(C)CCC(C#N)(CCF)CC1. The number of hydrogen-bond acceptors (Lipinski definition) is 1. The van der Waals surface area contributed by atoms with Crippen molar-refractivity contribution in [3.05, 3.63) is 0 Å². The van der Waals surface area contributed by atoms with E-state index in [9.17, 15) is 4.39 Å². The van der Waals surface area contributed by atoms with Crippen molar-refractivity contribution in [2.75, 3.05) is 6.67 Å². The van der Waals surface area contributed by atoms with Gasteiger partial charge in [-0.1, -0.05) is 13.8 Å². The fourth-order valence-corrected chi connectivity index (χ4v) is 2.00. The van der Waals surface area contributed by atoms with Gasteiger partial charge in [0.1, 0.15) is 0 Å². The Morgan fingerprint density at radius 1 is 1.23 bits per heavy atom. The summed E-state index contributed by atoms with van der Waals surface area (Å²) in [6.45, 7) is 4.10. The molecule has 0 spiro atoms. The van der Waals surface area contributed by atoms with Crippen LogP contribution < -0.4 is 0 Å². The summed E-state index contributed by atoms with van der Waals surface area (Å²) in [7, 11) is 0. The first-order valence-electron chi connectivity index (χ1n) is 5.01. The Hall–Kier alpha value is -0.580. The van der Waals surface area contributed by atoms with Gasteiger partial charge in [-0.25, -0.2) is 0 Å². The van der Waals surface area contributed by atoms with Gasteiger partial charge in [0.2, 0.25) is 0 Å². The van der Waals surface area contributed by atoms with Crippen molar-refractivity contribution >= 4 is 0 Å². The largest absolute Gasteiger partial charge is 0.251 e. The number of nitriles is 1. The molecule has 74 valence electrons. The lowest BCUT2D eigenvalue weighted by molar-refractivity contribution is 0.131. The van der Waals surface area contributed by atoms with Crippen molar-refractivity contribution in [3.8, 4) is 6.07 Å². The monoisotopic (exact) mass is 183 g/mol. The van der Waals surface area contributed by atoms with Gasteiger partial charge in [0.25, 0.3) is 0 Å². The molecule has 0 amide bonds. The van der Waals surface area contributed by atoms with Crippen LogP contribution in [0.1, 0.15) is 46.0 Å². The van der Waals surface area contributed by atoms with E-state index in [4.69, 9.17) is 5.26 Å². The van der Waals surface area contributed by atoms with Crippen LogP contribution in [0.3, 0.4) is 0 Å². The van der Waals surface area contributed by atoms with Crippen molar-refractivity contribution in [2.45, 2.75) is 46.0 Å². The zero-order valence-electron chi connectivity index (χ0n) is 8.57. The molecule has 0 aromatic rings. The van der Waals surface area contributed by atoms with Crippen LogP contribution in [0.25, 0.3) is 0 Å². The van der Waals surface area contributed by atoms with E-state index in [1.165, 1.54) is 0 Å². The number of halogens is 1. The van der Waals surface area contributed by atoms with Crippen LogP contribution in [0.2, 0.25) is 0 Å². The van der Waals surface area contributed by atoms with Crippen molar-refractivity contribution in [1.82, 2.24) is 0 Å². The van der Waals surface area contributed by atoms with E-state index >= 15 is 0 Å². The Morgan fingerprint density at radius 2 is 1.77 bits per heavy atom. The molecular weight excluding hydrogens is 165 g/mol. The average molecular weight is 183 g/mol. The molecule has 1 saturated carbocycles. The smallest absolute Gasteiger partial charge is 0.0909 e. The highest BCUT2D eigenvalue weighted by Crippen LogP contribution is 2.46. The third-order valence-corrected chi connectivity index (χ3v) is 3.37. The van der Waals surface area contributed by atoms with Crippen LogP contribution in [-0.2, 0) is 0 Å². The summed E-state index contributed by atoms with van der Waals surface area (Å²) in [4.78, 5) is 0. The quantitative estimate of drug-likeness (QED) is 0.643. The van der Waals surface area contributed by atoms with E-state index < -0.39 is 0 Å². The van der Waals surface area contributed by atoms with Crippen LogP contribution in [0, 0.1) is 22.2 Å². The van der Waals surface area contributed by atoms with Gasteiger partial charge >= 0.3 is 0 Å². The van der Waals surface area contributed by atoms with Gasteiger partial charge in [0, 0.05) is 0 Å². The van der Waals surface area contributed by atoms with Crippen LogP contribution in [0.4, 0.5) is 4.39 Å². The Bertz CT molecular complexity index is 205. The predicted octanol–water partition coefficient (Wildman–Crippen LogP) is 3.46. The van der Waals surface area contributed by atoms with Crippen LogP contribution >= 0.6 is 0 Å². The van der Waals surface area contributed by atoms with Crippen LogP contribution in [-0.4, -0.2) is 6.67 Å². The highest BCUT2D eigenvalue weighted by atomic mass is 19.1. The number of alkyl halides is 1. The maximum absolute atomic E-state index is 12.3. The molecule has 0 aromatic heterocycles. The number of hydrogen-bond donors (Lipinski definition) is 0. The summed E-state index contributed by atoms with van der Waals surface area (Å²) in [6, 6.07) is 2.32. The molecule has 0 radical (unpaired) electrons. The third-order valence-electron chi connectivity index (χ3n) is 3.37. The standard InChI is InChI=1S/C11H18FN/c1-10(2)3-5-11(9-13,6-4-10)7-8-12/h3-8H2,1-2H3.